The third-order valence-corrected chi connectivity index (χ3v) is 4.46. The number of carboxylic acids is 2. The highest BCUT2D eigenvalue weighted by atomic mass is 16.5. The summed E-state index contributed by atoms with van der Waals surface area (Å²) in [5.74, 6) is -0.714. The Morgan fingerprint density at radius 1 is 0.731 bits per heavy atom. The van der Waals surface area contributed by atoms with Crippen LogP contribution in [-0.2, 0) is 22.4 Å². The fourth-order valence-electron chi connectivity index (χ4n) is 2.97. The zero-order chi connectivity index (χ0) is 18.5. The van der Waals surface area contributed by atoms with Gasteiger partial charge in [0.25, 0.3) is 0 Å². The second-order valence-corrected chi connectivity index (χ2v) is 6.32. The van der Waals surface area contributed by atoms with Crippen molar-refractivity contribution in [3.8, 4) is 11.5 Å². The summed E-state index contributed by atoms with van der Waals surface area (Å²) >= 11 is 0. The predicted octanol–water partition coefficient (Wildman–Crippen LogP) is 2.64. The van der Waals surface area contributed by atoms with E-state index >= 15 is 0 Å². The van der Waals surface area contributed by atoms with Gasteiger partial charge in [-0.25, -0.2) is 0 Å². The van der Waals surface area contributed by atoms with E-state index in [2.05, 4.69) is 0 Å². The van der Waals surface area contributed by atoms with Crippen LogP contribution in [0.2, 0.25) is 0 Å². The molecule has 0 spiro atoms. The molecule has 0 saturated heterocycles. The molecule has 2 N–H and O–H groups in total. The number of ether oxygens (including phenoxy) is 2. The lowest BCUT2D eigenvalue weighted by molar-refractivity contribution is -0.144. The van der Waals surface area contributed by atoms with E-state index in [4.69, 9.17) is 19.7 Å². The Labute approximate surface area is 151 Å². The number of hydrogen-bond acceptors (Lipinski definition) is 4. The first-order chi connectivity index (χ1) is 12.5. The topological polar surface area (TPSA) is 93.1 Å². The number of carboxylic acid groups (broad SMARTS) is 2. The summed E-state index contributed by atoms with van der Waals surface area (Å²) in [6.07, 6.45) is 1.15. The van der Waals surface area contributed by atoms with Gasteiger partial charge in [0.2, 0.25) is 0 Å². The Hall–Kier alpha value is -3.02. The van der Waals surface area contributed by atoms with Gasteiger partial charge in [-0.05, 0) is 36.1 Å². The number of carbonyl (C=O) groups is 2. The molecule has 2 atom stereocenters. The highest BCUT2D eigenvalue weighted by molar-refractivity contribution is 5.71. The van der Waals surface area contributed by atoms with Gasteiger partial charge in [0.1, 0.15) is 24.7 Å². The molecule has 2 aliphatic heterocycles. The highest BCUT2D eigenvalue weighted by Gasteiger charge is 2.25. The van der Waals surface area contributed by atoms with Crippen LogP contribution in [-0.4, -0.2) is 35.4 Å². The maximum atomic E-state index is 10.7. The quantitative estimate of drug-likeness (QED) is 0.859. The summed E-state index contributed by atoms with van der Waals surface area (Å²) < 4.78 is 10.6. The summed E-state index contributed by atoms with van der Waals surface area (Å²) in [4.78, 5) is 21.4. The average molecular weight is 356 g/mol. The van der Waals surface area contributed by atoms with Gasteiger partial charge in [0.05, 0.1) is 11.8 Å². The van der Waals surface area contributed by atoms with E-state index in [1.165, 1.54) is 0 Å². The van der Waals surface area contributed by atoms with Gasteiger partial charge in [0.15, 0.2) is 0 Å². The van der Waals surface area contributed by atoms with Crippen LogP contribution in [0.4, 0.5) is 0 Å². The average Bonchev–Trinajstić information content (AvgIpc) is 2.67. The molecule has 0 aromatic heterocycles. The molecule has 0 bridgehead atoms. The van der Waals surface area contributed by atoms with E-state index in [0.29, 0.717) is 12.8 Å². The molecule has 0 amide bonds. The Balaban J connectivity index is 0.000000151. The van der Waals surface area contributed by atoms with Gasteiger partial charge in [-0.15, -0.1) is 0 Å². The van der Waals surface area contributed by atoms with Crippen molar-refractivity contribution in [2.75, 3.05) is 13.2 Å². The first kappa shape index (κ1) is 17.8. The van der Waals surface area contributed by atoms with E-state index in [1.54, 1.807) is 0 Å². The molecule has 0 aliphatic carbocycles. The first-order valence-electron chi connectivity index (χ1n) is 8.41. The number of para-hydroxylation sites is 2. The second-order valence-electron chi connectivity index (χ2n) is 6.32. The molecule has 2 unspecified atom stereocenters. The lowest BCUT2D eigenvalue weighted by Crippen LogP contribution is -2.27. The molecule has 6 nitrogen and oxygen atoms in total. The van der Waals surface area contributed by atoms with Crippen LogP contribution < -0.4 is 9.47 Å². The number of fused-ring (bicyclic) bond motifs is 2. The van der Waals surface area contributed by atoms with Gasteiger partial charge in [-0.2, -0.15) is 0 Å². The van der Waals surface area contributed by atoms with Crippen molar-refractivity contribution < 1.29 is 29.3 Å². The van der Waals surface area contributed by atoms with Crippen molar-refractivity contribution >= 4 is 11.9 Å². The van der Waals surface area contributed by atoms with Gasteiger partial charge >= 0.3 is 11.9 Å². The van der Waals surface area contributed by atoms with Crippen molar-refractivity contribution in [3.63, 3.8) is 0 Å². The monoisotopic (exact) mass is 356 g/mol. The molecular weight excluding hydrogens is 336 g/mol. The molecule has 2 heterocycles. The second kappa shape index (κ2) is 7.91. The molecule has 136 valence electrons. The number of rotatable bonds is 2. The molecular formula is C20H20O6. The third kappa shape index (κ3) is 4.14. The van der Waals surface area contributed by atoms with Gasteiger partial charge in [0, 0.05) is 0 Å². The minimum Gasteiger partial charge on any atom is -0.492 e. The van der Waals surface area contributed by atoms with Crippen LogP contribution in [0.1, 0.15) is 11.1 Å². The molecule has 2 aromatic carbocycles. The predicted molar refractivity (Wildman–Crippen MR) is 93.5 cm³/mol. The normalized spacial score (nSPS) is 20.2. The lowest BCUT2D eigenvalue weighted by atomic mass is 9.97. The fourth-order valence-corrected chi connectivity index (χ4v) is 2.97. The molecule has 0 radical (unpaired) electrons. The highest BCUT2D eigenvalue weighted by Crippen LogP contribution is 2.27. The summed E-state index contributed by atoms with van der Waals surface area (Å²) in [6, 6.07) is 15.1. The van der Waals surface area contributed by atoms with Crippen LogP contribution in [0, 0.1) is 11.8 Å². The summed E-state index contributed by atoms with van der Waals surface area (Å²) in [6.45, 7) is 0.568. The van der Waals surface area contributed by atoms with Crippen LogP contribution >= 0.6 is 0 Å². The summed E-state index contributed by atoms with van der Waals surface area (Å²) in [5.41, 5.74) is 1.97. The maximum absolute atomic E-state index is 10.7. The number of aliphatic carboxylic acids is 2. The molecule has 0 saturated carbocycles. The van der Waals surface area contributed by atoms with Gasteiger partial charge < -0.3 is 19.7 Å². The van der Waals surface area contributed by atoms with E-state index < -0.39 is 23.8 Å². The smallest absolute Gasteiger partial charge is 0.310 e. The Morgan fingerprint density at radius 3 is 1.50 bits per heavy atom. The van der Waals surface area contributed by atoms with Crippen LogP contribution in [0.3, 0.4) is 0 Å². The lowest BCUT2D eigenvalue weighted by Gasteiger charge is -2.21. The molecule has 26 heavy (non-hydrogen) atoms. The zero-order valence-corrected chi connectivity index (χ0v) is 14.1. The van der Waals surface area contributed by atoms with Crippen molar-refractivity contribution in [1.82, 2.24) is 0 Å². The van der Waals surface area contributed by atoms with E-state index in [9.17, 15) is 9.59 Å². The Bertz CT molecular complexity index is 733. The van der Waals surface area contributed by atoms with Crippen molar-refractivity contribution in [1.29, 1.82) is 0 Å². The van der Waals surface area contributed by atoms with Gasteiger partial charge in [-0.1, -0.05) is 36.4 Å². The minimum absolute atomic E-state index is 0.284. The largest absolute Gasteiger partial charge is 0.492 e. The van der Waals surface area contributed by atoms with E-state index in [0.717, 1.165) is 22.6 Å². The van der Waals surface area contributed by atoms with Crippen LogP contribution in [0.25, 0.3) is 0 Å². The standard InChI is InChI=1S/2C10H10O3/c2*11-10(12)8-5-7-3-1-2-4-9(7)13-6-8/h2*1-4,8H,5-6H2,(H,11,12). The molecule has 0 fully saturated rings. The molecule has 6 heteroatoms. The van der Waals surface area contributed by atoms with Crippen molar-refractivity contribution in [2.45, 2.75) is 12.8 Å². The zero-order valence-electron chi connectivity index (χ0n) is 14.1. The van der Waals surface area contributed by atoms with E-state index in [1.807, 2.05) is 48.5 Å². The van der Waals surface area contributed by atoms with Crippen molar-refractivity contribution in [3.05, 3.63) is 59.7 Å². The van der Waals surface area contributed by atoms with Crippen molar-refractivity contribution in [2.24, 2.45) is 11.8 Å². The molecule has 2 aromatic rings. The Morgan fingerprint density at radius 2 is 1.12 bits per heavy atom. The maximum Gasteiger partial charge on any atom is 0.310 e. The van der Waals surface area contributed by atoms with E-state index in [-0.39, 0.29) is 13.2 Å². The van der Waals surface area contributed by atoms with Gasteiger partial charge in [-0.3, -0.25) is 9.59 Å². The summed E-state index contributed by atoms with van der Waals surface area (Å²) in [5, 5.41) is 17.6. The third-order valence-electron chi connectivity index (χ3n) is 4.46. The van der Waals surface area contributed by atoms with Crippen LogP contribution in [0.5, 0.6) is 11.5 Å². The molecule has 4 rings (SSSR count). The molecule has 2 aliphatic rings. The Kier molecular flexibility index (Phi) is 5.41. The van der Waals surface area contributed by atoms with Crippen LogP contribution in [0.15, 0.2) is 48.5 Å². The minimum atomic E-state index is -0.783. The fraction of sp³-hybridized carbons (Fsp3) is 0.300. The number of benzene rings is 2. The number of hydrogen-bond donors (Lipinski definition) is 2. The first-order valence-corrected chi connectivity index (χ1v) is 8.41. The SMILES string of the molecule is O=C(O)C1COc2ccccc2C1.O=C(O)C1COc2ccccc2C1. The summed E-state index contributed by atoms with van der Waals surface area (Å²) in [7, 11) is 0.